The molecule has 1 aromatic carbocycles. The van der Waals surface area contributed by atoms with Crippen LogP contribution in [0.2, 0.25) is 0 Å². The molecule has 2 aromatic rings. The SMILES string of the molecule is NC(CSCc1ccnc2ccccc12)C(=O)O. The lowest BCUT2D eigenvalue weighted by Crippen LogP contribution is -2.32. The Morgan fingerprint density at radius 2 is 2.17 bits per heavy atom. The molecule has 4 nitrogen and oxygen atoms in total. The first-order valence-electron chi connectivity index (χ1n) is 5.57. The number of aliphatic carboxylic acids is 1. The van der Waals surface area contributed by atoms with Crippen molar-refractivity contribution in [3.05, 3.63) is 42.1 Å². The van der Waals surface area contributed by atoms with Crippen LogP contribution in [0.4, 0.5) is 0 Å². The highest BCUT2D eigenvalue weighted by atomic mass is 32.2. The number of nitrogens with two attached hydrogens (primary N) is 1. The van der Waals surface area contributed by atoms with Gasteiger partial charge in [-0.2, -0.15) is 11.8 Å². The minimum absolute atomic E-state index is 0.409. The highest BCUT2D eigenvalue weighted by Crippen LogP contribution is 2.21. The second kappa shape index (κ2) is 5.84. The van der Waals surface area contributed by atoms with Crippen LogP contribution in [0.25, 0.3) is 10.9 Å². The highest BCUT2D eigenvalue weighted by molar-refractivity contribution is 7.98. The zero-order valence-corrected chi connectivity index (χ0v) is 10.6. The fourth-order valence-electron chi connectivity index (χ4n) is 1.65. The van der Waals surface area contributed by atoms with E-state index in [1.807, 2.05) is 30.3 Å². The van der Waals surface area contributed by atoms with Crippen molar-refractivity contribution in [1.29, 1.82) is 0 Å². The van der Waals surface area contributed by atoms with Crippen molar-refractivity contribution < 1.29 is 9.90 Å². The molecule has 0 radical (unpaired) electrons. The molecule has 0 aliphatic carbocycles. The molecular formula is C13H14N2O2S. The summed E-state index contributed by atoms with van der Waals surface area (Å²) in [6, 6.07) is 9.07. The Hall–Kier alpha value is -1.59. The second-order valence-electron chi connectivity index (χ2n) is 3.95. The first-order chi connectivity index (χ1) is 8.68. The molecule has 0 saturated carbocycles. The van der Waals surface area contributed by atoms with Gasteiger partial charge < -0.3 is 10.8 Å². The molecule has 0 fully saturated rings. The summed E-state index contributed by atoms with van der Waals surface area (Å²) in [5.74, 6) is 0.192. The summed E-state index contributed by atoms with van der Waals surface area (Å²) in [6.45, 7) is 0. The van der Waals surface area contributed by atoms with E-state index in [0.29, 0.717) is 5.75 Å². The number of pyridine rings is 1. The van der Waals surface area contributed by atoms with Crippen molar-refractivity contribution in [3.63, 3.8) is 0 Å². The van der Waals surface area contributed by atoms with Crippen molar-refractivity contribution in [2.24, 2.45) is 5.73 Å². The van der Waals surface area contributed by atoms with Gasteiger partial charge in [-0.1, -0.05) is 18.2 Å². The van der Waals surface area contributed by atoms with Gasteiger partial charge in [0.2, 0.25) is 0 Å². The van der Waals surface area contributed by atoms with Crippen LogP contribution in [0.15, 0.2) is 36.5 Å². The average molecular weight is 262 g/mol. The predicted octanol–water partition coefficient (Wildman–Crippen LogP) is 1.88. The third kappa shape index (κ3) is 3.00. The van der Waals surface area contributed by atoms with Gasteiger partial charge in [-0.3, -0.25) is 9.78 Å². The molecule has 3 N–H and O–H groups in total. The van der Waals surface area contributed by atoms with Crippen LogP contribution in [0.1, 0.15) is 5.56 Å². The first-order valence-corrected chi connectivity index (χ1v) is 6.72. The second-order valence-corrected chi connectivity index (χ2v) is 4.98. The molecule has 1 atom stereocenters. The molecule has 1 heterocycles. The van der Waals surface area contributed by atoms with E-state index in [1.54, 1.807) is 6.20 Å². The Labute approximate surface area is 109 Å². The molecule has 0 aliphatic rings. The summed E-state index contributed by atoms with van der Waals surface area (Å²) in [5, 5.41) is 9.81. The third-order valence-corrected chi connectivity index (χ3v) is 3.72. The predicted molar refractivity (Wildman–Crippen MR) is 73.5 cm³/mol. The smallest absolute Gasteiger partial charge is 0.321 e. The van der Waals surface area contributed by atoms with E-state index < -0.39 is 12.0 Å². The van der Waals surface area contributed by atoms with Crippen LogP contribution in [0, 0.1) is 0 Å². The number of benzene rings is 1. The monoisotopic (exact) mass is 262 g/mol. The number of nitrogens with zero attached hydrogens (tertiary/aromatic N) is 1. The van der Waals surface area contributed by atoms with Gasteiger partial charge in [-0.25, -0.2) is 0 Å². The number of aromatic nitrogens is 1. The Kier molecular flexibility index (Phi) is 4.17. The summed E-state index contributed by atoms with van der Waals surface area (Å²) in [5.41, 5.74) is 7.57. The Morgan fingerprint density at radius 3 is 2.94 bits per heavy atom. The zero-order valence-electron chi connectivity index (χ0n) is 9.74. The largest absolute Gasteiger partial charge is 0.480 e. The Balaban J connectivity index is 2.06. The van der Waals surface area contributed by atoms with Gasteiger partial charge in [0.1, 0.15) is 6.04 Å². The van der Waals surface area contributed by atoms with E-state index in [2.05, 4.69) is 4.98 Å². The summed E-state index contributed by atoms with van der Waals surface area (Å²) in [6.07, 6.45) is 1.77. The van der Waals surface area contributed by atoms with E-state index in [-0.39, 0.29) is 0 Å². The number of carboxylic acids is 1. The summed E-state index contributed by atoms with van der Waals surface area (Å²) < 4.78 is 0. The molecule has 2 rings (SSSR count). The molecule has 0 spiro atoms. The third-order valence-electron chi connectivity index (χ3n) is 2.61. The molecule has 0 aliphatic heterocycles. The minimum atomic E-state index is -0.956. The van der Waals surface area contributed by atoms with E-state index >= 15 is 0 Å². The highest BCUT2D eigenvalue weighted by Gasteiger charge is 2.11. The van der Waals surface area contributed by atoms with Gasteiger partial charge >= 0.3 is 5.97 Å². The average Bonchev–Trinajstić information content (AvgIpc) is 2.38. The number of hydrogen-bond donors (Lipinski definition) is 2. The molecule has 0 amide bonds. The maximum Gasteiger partial charge on any atom is 0.321 e. The molecule has 1 unspecified atom stereocenters. The van der Waals surface area contributed by atoms with Gasteiger partial charge in [0.25, 0.3) is 0 Å². The number of carboxylic acid groups (broad SMARTS) is 1. The number of thioether (sulfide) groups is 1. The fourth-order valence-corrected chi connectivity index (χ4v) is 2.63. The summed E-state index contributed by atoms with van der Waals surface area (Å²) in [4.78, 5) is 14.9. The van der Waals surface area contributed by atoms with Crippen LogP contribution in [0.3, 0.4) is 0 Å². The molecule has 0 saturated heterocycles. The number of para-hydroxylation sites is 1. The van der Waals surface area contributed by atoms with Crippen molar-refractivity contribution in [1.82, 2.24) is 4.98 Å². The lowest BCUT2D eigenvalue weighted by Gasteiger charge is -2.08. The van der Waals surface area contributed by atoms with Gasteiger partial charge in [0.05, 0.1) is 5.52 Å². The maximum absolute atomic E-state index is 10.6. The molecule has 5 heteroatoms. The minimum Gasteiger partial charge on any atom is -0.480 e. The van der Waals surface area contributed by atoms with Crippen molar-refractivity contribution in [2.45, 2.75) is 11.8 Å². The fraction of sp³-hybridized carbons (Fsp3) is 0.231. The van der Waals surface area contributed by atoms with Crippen LogP contribution in [0.5, 0.6) is 0 Å². The summed E-state index contributed by atoms with van der Waals surface area (Å²) >= 11 is 1.52. The maximum atomic E-state index is 10.6. The van der Waals surface area contributed by atoms with E-state index in [4.69, 9.17) is 10.8 Å². The van der Waals surface area contributed by atoms with Crippen LogP contribution < -0.4 is 5.73 Å². The number of fused-ring (bicyclic) bond motifs is 1. The van der Waals surface area contributed by atoms with Gasteiger partial charge in [0, 0.05) is 23.1 Å². The van der Waals surface area contributed by atoms with Gasteiger partial charge in [0.15, 0.2) is 0 Å². The van der Waals surface area contributed by atoms with Crippen molar-refractivity contribution >= 4 is 28.6 Å². The molecule has 18 heavy (non-hydrogen) atoms. The normalized spacial score (nSPS) is 12.5. The number of carbonyl (C=O) groups is 1. The number of rotatable bonds is 5. The molecule has 1 aromatic heterocycles. The van der Waals surface area contributed by atoms with Crippen molar-refractivity contribution in [2.75, 3.05) is 5.75 Å². The topological polar surface area (TPSA) is 76.2 Å². The molecule has 94 valence electrons. The number of hydrogen-bond acceptors (Lipinski definition) is 4. The first kappa shape index (κ1) is 12.9. The van der Waals surface area contributed by atoms with Crippen LogP contribution in [-0.4, -0.2) is 27.9 Å². The van der Waals surface area contributed by atoms with E-state index in [0.717, 1.165) is 22.2 Å². The van der Waals surface area contributed by atoms with Crippen LogP contribution in [-0.2, 0) is 10.5 Å². The Morgan fingerprint density at radius 1 is 1.39 bits per heavy atom. The quantitative estimate of drug-likeness (QED) is 0.860. The molecular weight excluding hydrogens is 248 g/mol. The summed E-state index contributed by atoms with van der Waals surface area (Å²) in [7, 11) is 0. The van der Waals surface area contributed by atoms with E-state index in [9.17, 15) is 4.79 Å². The molecule has 0 bridgehead atoms. The van der Waals surface area contributed by atoms with E-state index in [1.165, 1.54) is 11.8 Å². The van der Waals surface area contributed by atoms with Crippen molar-refractivity contribution in [3.8, 4) is 0 Å². The Bertz CT molecular complexity index is 554. The standard InChI is InChI=1S/C13H14N2O2S/c14-11(13(16)17)8-18-7-9-5-6-15-12-4-2-1-3-10(9)12/h1-6,11H,7-8,14H2,(H,16,17). The lowest BCUT2D eigenvalue weighted by atomic mass is 10.1. The van der Waals surface area contributed by atoms with Gasteiger partial charge in [-0.05, 0) is 17.7 Å². The lowest BCUT2D eigenvalue weighted by molar-refractivity contribution is -0.137. The zero-order chi connectivity index (χ0) is 13.0. The van der Waals surface area contributed by atoms with Crippen LogP contribution >= 0.6 is 11.8 Å². The van der Waals surface area contributed by atoms with Gasteiger partial charge in [-0.15, -0.1) is 0 Å².